The highest BCUT2D eigenvalue weighted by Crippen LogP contribution is 2.35. The number of hydrogen-bond acceptors (Lipinski definition) is 3. The minimum Gasteiger partial charge on any atom is -0.493 e. The maximum Gasteiger partial charge on any atom is 0.122 e. The Morgan fingerprint density at radius 2 is 2.10 bits per heavy atom. The molecule has 2 atom stereocenters. The standard InChI is InChI=1S/C17H26N2O/c1-3-13(2)17(19-9-7-18-8-10-19)15-4-5-16-14(12-15)6-11-20-16/h4-5,12-13,17-18H,3,6-11H2,1-2H3/t13?,17-/m0/s1. The van der Waals surface area contributed by atoms with E-state index in [-0.39, 0.29) is 0 Å². The van der Waals surface area contributed by atoms with Gasteiger partial charge in [0.05, 0.1) is 6.61 Å². The molecule has 0 saturated carbocycles. The van der Waals surface area contributed by atoms with Gasteiger partial charge in [0.15, 0.2) is 0 Å². The minimum atomic E-state index is 0.549. The van der Waals surface area contributed by atoms with Crippen molar-refractivity contribution in [3.8, 4) is 5.75 Å². The second kappa shape index (κ2) is 6.15. The van der Waals surface area contributed by atoms with E-state index in [1.165, 1.54) is 17.5 Å². The number of rotatable bonds is 4. The SMILES string of the molecule is CCC(C)[C@@H](c1ccc2c(c1)CCO2)N1CCNCC1. The number of hydrogen-bond donors (Lipinski definition) is 1. The smallest absolute Gasteiger partial charge is 0.122 e. The molecule has 1 aromatic rings. The monoisotopic (exact) mass is 274 g/mol. The Morgan fingerprint density at radius 3 is 2.85 bits per heavy atom. The molecule has 0 radical (unpaired) electrons. The van der Waals surface area contributed by atoms with Crippen LogP contribution in [0.1, 0.15) is 37.4 Å². The highest BCUT2D eigenvalue weighted by atomic mass is 16.5. The minimum absolute atomic E-state index is 0.549. The predicted octanol–water partition coefficient (Wildman–Crippen LogP) is 2.61. The molecule has 3 nitrogen and oxygen atoms in total. The van der Waals surface area contributed by atoms with Crippen LogP contribution in [0.15, 0.2) is 18.2 Å². The quantitative estimate of drug-likeness (QED) is 0.913. The summed E-state index contributed by atoms with van der Waals surface area (Å²) in [4.78, 5) is 2.65. The van der Waals surface area contributed by atoms with Crippen LogP contribution in [-0.4, -0.2) is 37.7 Å². The van der Waals surface area contributed by atoms with Gasteiger partial charge in [-0.25, -0.2) is 0 Å². The summed E-state index contributed by atoms with van der Waals surface area (Å²) in [5.74, 6) is 1.78. The van der Waals surface area contributed by atoms with Crippen LogP contribution < -0.4 is 10.1 Å². The Morgan fingerprint density at radius 1 is 1.30 bits per heavy atom. The molecule has 1 saturated heterocycles. The molecule has 3 heteroatoms. The van der Waals surface area contributed by atoms with Crippen LogP contribution in [0.2, 0.25) is 0 Å². The zero-order valence-corrected chi connectivity index (χ0v) is 12.7. The van der Waals surface area contributed by atoms with Gasteiger partial charge in [0, 0.05) is 38.6 Å². The highest BCUT2D eigenvalue weighted by molar-refractivity contribution is 5.41. The lowest BCUT2D eigenvalue weighted by Gasteiger charge is -2.38. The molecule has 20 heavy (non-hydrogen) atoms. The lowest BCUT2D eigenvalue weighted by Crippen LogP contribution is -2.46. The van der Waals surface area contributed by atoms with Crippen LogP contribution in [0.3, 0.4) is 0 Å². The topological polar surface area (TPSA) is 24.5 Å². The summed E-state index contributed by atoms with van der Waals surface area (Å²) in [6, 6.07) is 7.40. The molecule has 1 fully saturated rings. The summed E-state index contributed by atoms with van der Waals surface area (Å²) >= 11 is 0. The van der Waals surface area contributed by atoms with Gasteiger partial charge >= 0.3 is 0 Å². The van der Waals surface area contributed by atoms with Gasteiger partial charge in [-0.15, -0.1) is 0 Å². The van der Waals surface area contributed by atoms with Crippen molar-refractivity contribution < 1.29 is 4.74 Å². The molecule has 1 aromatic carbocycles. The average molecular weight is 274 g/mol. The first-order valence-corrected chi connectivity index (χ1v) is 8.00. The number of benzene rings is 1. The van der Waals surface area contributed by atoms with Crippen molar-refractivity contribution in [3.05, 3.63) is 29.3 Å². The van der Waals surface area contributed by atoms with E-state index in [4.69, 9.17) is 4.74 Å². The number of nitrogens with zero attached hydrogens (tertiary/aromatic N) is 1. The summed E-state index contributed by atoms with van der Waals surface area (Å²) in [6.07, 6.45) is 2.29. The van der Waals surface area contributed by atoms with Gasteiger partial charge < -0.3 is 10.1 Å². The first kappa shape index (κ1) is 13.9. The first-order valence-electron chi connectivity index (χ1n) is 8.00. The van der Waals surface area contributed by atoms with Gasteiger partial charge in [0.25, 0.3) is 0 Å². The fraction of sp³-hybridized carbons (Fsp3) is 0.647. The van der Waals surface area contributed by atoms with Crippen molar-refractivity contribution in [3.63, 3.8) is 0 Å². The van der Waals surface area contributed by atoms with Crippen LogP contribution >= 0.6 is 0 Å². The maximum absolute atomic E-state index is 5.64. The van der Waals surface area contributed by atoms with Gasteiger partial charge in [0.2, 0.25) is 0 Å². The normalized spacial score (nSPS) is 22.1. The van der Waals surface area contributed by atoms with E-state index in [2.05, 4.69) is 42.3 Å². The highest BCUT2D eigenvalue weighted by Gasteiger charge is 2.27. The fourth-order valence-corrected chi connectivity index (χ4v) is 3.47. The maximum atomic E-state index is 5.64. The van der Waals surface area contributed by atoms with Crippen LogP contribution in [-0.2, 0) is 6.42 Å². The first-order chi connectivity index (χ1) is 9.79. The second-order valence-corrected chi connectivity index (χ2v) is 6.08. The number of nitrogens with one attached hydrogen (secondary N) is 1. The van der Waals surface area contributed by atoms with E-state index in [0.29, 0.717) is 12.0 Å². The summed E-state index contributed by atoms with van der Waals surface area (Å²) in [5, 5.41) is 3.46. The van der Waals surface area contributed by atoms with Crippen molar-refractivity contribution in [1.82, 2.24) is 10.2 Å². The second-order valence-electron chi connectivity index (χ2n) is 6.08. The molecule has 0 spiro atoms. The fourth-order valence-electron chi connectivity index (χ4n) is 3.47. The van der Waals surface area contributed by atoms with E-state index >= 15 is 0 Å². The molecule has 2 aliphatic rings. The van der Waals surface area contributed by atoms with Crippen LogP contribution in [0.25, 0.3) is 0 Å². The van der Waals surface area contributed by atoms with E-state index in [1.54, 1.807) is 0 Å². The predicted molar refractivity (Wildman–Crippen MR) is 82.3 cm³/mol. The molecule has 1 N–H and O–H groups in total. The Labute approximate surface area is 122 Å². The molecule has 0 aromatic heterocycles. The molecule has 0 bridgehead atoms. The lowest BCUT2D eigenvalue weighted by molar-refractivity contribution is 0.128. The van der Waals surface area contributed by atoms with Crippen LogP contribution in [0.4, 0.5) is 0 Å². The molecule has 2 aliphatic heterocycles. The average Bonchev–Trinajstić information content (AvgIpc) is 2.96. The molecule has 0 aliphatic carbocycles. The Hall–Kier alpha value is -1.06. The zero-order valence-electron chi connectivity index (χ0n) is 12.7. The van der Waals surface area contributed by atoms with E-state index < -0.39 is 0 Å². The Bertz CT molecular complexity index is 454. The third kappa shape index (κ3) is 2.70. The number of ether oxygens (including phenoxy) is 1. The molecule has 2 heterocycles. The summed E-state index contributed by atoms with van der Waals surface area (Å²) in [6.45, 7) is 10.1. The third-order valence-electron chi connectivity index (χ3n) is 4.78. The van der Waals surface area contributed by atoms with Gasteiger partial charge in [-0.1, -0.05) is 32.4 Å². The molecule has 110 valence electrons. The van der Waals surface area contributed by atoms with Gasteiger partial charge in [-0.05, 0) is 23.1 Å². The lowest BCUT2D eigenvalue weighted by atomic mass is 9.89. The Kier molecular flexibility index (Phi) is 4.27. The Balaban J connectivity index is 1.88. The van der Waals surface area contributed by atoms with Crippen molar-refractivity contribution in [2.45, 2.75) is 32.7 Å². The van der Waals surface area contributed by atoms with Gasteiger partial charge in [-0.2, -0.15) is 0 Å². The van der Waals surface area contributed by atoms with Crippen molar-refractivity contribution in [1.29, 1.82) is 0 Å². The number of fused-ring (bicyclic) bond motifs is 1. The molecule has 1 unspecified atom stereocenters. The van der Waals surface area contributed by atoms with Crippen molar-refractivity contribution >= 4 is 0 Å². The molecule has 0 amide bonds. The van der Waals surface area contributed by atoms with E-state index in [0.717, 1.165) is 45.0 Å². The summed E-state index contributed by atoms with van der Waals surface area (Å²) < 4.78 is 5.64. The summed E-state index contributed by atoms with van der Waals surface area (Å²) in [5.41, 5.74) is 2.87. The van der Waals surface area contributed by atoms with E-state index in [9.17, 15) is 0 Å². The van der Waals surface area contributed by atoms with Gasteiger partial charge in [0.1, 0.15) is 5.75 Å². The zero-order chi connectivity index (χ0) is 13.9. The summed E-state index contributed by atoms with van der Waals surface area (Å²) in [7, 11) is 0. The molecular weight excluding hydrogens is 248 g/mol. The number of piperazine rings is 1. The molecular formula is C17H26N2O. The third-order valence-corrected chi connectivity index (χ3v) is 4.78. The van der Waals surface area contributed by atoms with Crippen molar-refractivity contribution in [2.75, 3.05) is 32.8 Å². The van der Waals surface area contributed by atoms with Crippen LogP contribution in [0.5, 0.6) is 5.75 Å². The van der Waals surface area contributed by atoms with Gasteiger partial charge in [-0.3, -0.25) is 4.90 Å². The van der Waals surface area contributed by atoms with E-state index in [1.807, 2.05) is 0 Å². The van der Waals surface area contributed by atoms with Crippen LogP contribution in [0, 0.1) is 5.92 Å². The van der Waals surface area contributed by atoms with Crippen molar-refractivity contribution in [2.24, 2.45) is 5.92 Å². The largest absolute Gasteiger partial charge is 0.493 e. The molecule has 3 rings (SSSR count).